The molecular formula is C22H29N3O3. The van der Waals surface area contributed by atoms with E-state index in [1.165, 1.54) is 0 Å². The Bertz CT molecular complexity index is 801. The molecule has 2 amide bonds. The molecule has 1 aliphatic rings. The molecule has 2 aromatic carbocycles. The Balaban J connectivity index is 1.59. The third-order valence-electron chi connectivity index (χ3n) is 4.90. The van der Waals surface area contributed by atoms with Gasteiger partial charge in [-0.15, -0.1) is 0 Å². The van der Waals surface area contributed by atoms with E-state index in [-0.39, 0.29) is 11.6 Å². The monoisotopic (exact) mass is 383 g/mol. The zero-order valence-electron chi connectivity index (χ0n) is 16.8. The van der Waals surface area contributed by atoms with Gasteiger partial charge in [0, 0.05) is 25.2 Å². The summed E-state index contributed by atoms with van der Waals surface area (Å²) in [6.45, 7) is 10.0. The molecule has 0 spiro atoms. The van der Waals surface area contributed by atoms with Crippen molar-refractivity contribution >= 4 is 11.7 Å². The molecule has 1 aliphatic heterocycles. The molecule has 0 atom stereocenters. The van der Waals surface area contributed by atoms with Crippen LogP contribution in [0.5, 0.6) is 11.5 Å². The van der Waals surface area contributed by atoms with Crippen molar-refractivity contribution in [3.05, 3.63) is 54.1 Å². The molecule has 1 saturated heterocycles. The molecule has 2 N–H and O–H groups in total. The van der Waals surface area contributed by atoms with Crippen LogP contribution in [0.25, 0.3) is 0 Å². The summed E-state index contributed by atoms with van der Waals surface area (Å²) in [5, 5.41) is 5.88. The van der Waals surface area contributed by atoms with Crippen molar-refractivity contribution in [2.75, 3.05) is 38.2 Å². The van der Waals surface area contributed by atoms with Crippen molar-refractivity contribution in [1.82, 2.24) is 10.2 Å². The van der Waals surface area contributed by atoms with Crippen molar-refractivity contribution in [2.45, 2.75) is 26.3 Å². The highest BCUT2D eigenvalue weighted by Crippen LogP contribution is 2.29. The predicted molar refractivity (Wildman–Crippen MR) is 111 cm³/mol. The summed E-state index contributed by atoms with van der Waals surface area (Å²) in [5.74, 6) is 1.35. The van der Waals surface area contributed by atoms with Crippen LogP contribution in [-0.4, -0.2) is 49.3 Å². The summed E-state index contributed by atoms with van der Waals surface area (Å²) in [7, 11) is 0. The first-order chi connectivity index (χ1) is 13.4. The maximum absolute atomic E-state index is 12.5. The average molecular weight is 383 g/mol. The molecule has 6 nitrogen and oxygen atoms in total. The fourth-order valence-electron chi connectivity index (χ4n) is 3.21. The maximum Gasteiger partial charge on any atom is 0.319 e. The number of hydrogen-bond donors (Lipinski definition) is 2. The Kier molecular flexibility index (Phi) is 6.54. The molecule has 0 unspecified atom stereocenters. The van der Waals surface area contributed by atoms with Crippen LogP contribution in [0.15, 0.2) is 48.5 Å². The van der Waals surface area contributed by atoms with Crippen LogP contribution >= 0.6 is 0 Å². The fourth-order valence-corrected chi connectivity index (χ4v) is 3.21. The zero-order valence-corrected chi connectivity index (χ0v) is 16.8. The lowest BCUT2D eigenvalue weighted by Gasteiger charge is -2.40. The van der Waals surface area contributed by atoms with Crippen molar-refractivity contribution in [1.29, 1.82) is 0 Å². The van der Waals surface area contributed by atoms with Gasteiger partial charge in [-0.3, -0.25) is 4.90 Å². The van der Waals surface area contributed by atoms with Crippen LogP contribution < -0.4 is 15.4 Å². The topological polar surface area (TPSA) is 62.8 Å². The number of rotatable bonds is 6. The van der Waals surface area contributed by atoms with Gasteiger partial charge in [-0.25, -0.2) is 4.79 Å². The smallest absolute Gasteiger partial charge is 0.319 e. The Morgan fingerprint density at radius 3 is 2.64 bits per heavy atom. The average Bonchev–Trinajstić information content (AvgIpc) is 2.69. The SMILES string of the molecule is Cc1cccc(Oc2ccccc2NC(=O)NCC(C)(C)N2CCOCC2)c1. The fraction of sp³-hybridized carbons (Fsp3) is 0.409. The second-order valence-corrected chi connectivity index (χ2v) is 7.63. The van der Waals surface area contributed by atoms with Crippen molar-refractivity contribution in [3.8, 4) is 11.5 Å². The van der Waals surface area contributed by atoms with E-state index in [1.54, 1.807) is 0 Å². The van der Waals surface area contributed by atoms with Gasteiger partial charge in [0.05, 0.1) is 18.9 Å². The minimum absolute atomic E-state index is 0.140. The number of aryl methyl sites for hydroxylation is 1. The minimum atomic E-state index is -0.248. The largest absolute Gasteiger partial charge is 0.455 e. The summed E-state index contributed by atoms with van der Waals surface area (Å²) < 4.78 is 11.4. The molecule has 150 valence electrons. The van der Waals surface area contributed by atoms with Gasteiger partial charge in [-0.2, -0.15) is 0 Å². The van der Waals surface area contributed by atoms with Crippen LogP contribution in [0, 0.1) is 6.92 Å². The van der Waals surface area contributed by atoms with E-state index in [9.17, 15) is 4.79 Å². The highest BCUT2D eigenvalue weighted by Gasteiger charge is 2.28. The number of ether oxygens (including phenoxy) is 2. The summed E-state index contributed by atoms with van der Waals surface area (Å²) in [4.78, 5) is 14.8. The summed E-state index contributed by atoms with van der Waals surface area (Å²) in [5.41, 5.74) is 1.61. The molecule has 0 saturated carbocycles. The van der Waals surface area contributed by atoms with Crippen molar-refractivity contribution in [2.24, 2.45) is 0 Å². The van der Waals surface area contributed by atoms with Gasteiger partial charge < -0.3 is 20.1 Å². The van der Waals surface area contributed by atoms with Crippen LogP contribution in [0.3, 0.4) is 0 Å². The van der Waals surface area contributed by atoms with Crippen molar-refractivity contribution < 1.29 is 14.3 Å². The van der Waals surface area contributed by atoms with Gasteiger partial charge in [0.15, 0.2) is 5.75 Å². The van der Waals surface area contributed by atoms with Gasteiger partial charge in [0.1, 0.15) is 5.75 Å². The van der Waals surface area contributed by atoms with E-state index in [0.717, 1.165) is 37.6 Å². The molecule has 2 aromatic rings. The molecule has 6 heteroatoms. The van der Waals surface area contributed by atoms with E-state index >= 15 is 0 Å². The number of carbonyl (C=O) groups excluding carboxylic acids is 1. The number of nitrogens with one attached hydrogen (secondary N) is 2. The number of para-hydroxylation sites is 2. The highest BCUT2D eigenvalue weighted by molar-refractivity contribution is 5.91. The Morgan fingerprint density at radius 1 is 1.14 bits per heavy atom. The third kappa shape index (κ3) is 5.47. The quantitative estimate of drug-likeness (QED) is 0.791. The van der Waals surface area contributed by atoms with Gasteiger partial charge in [0.2, 0.25) is 0 Å². The van der Waals surface area contributed by atoms with Crippen molar-refractivity contribution in [3.63, 3.8) is 0 Å². The molecule has 0 aliphatic carbocycles. The number of nitrogens with zero attached hydrogens (tertiary/aromatic N) is 1. The Labute approximate surface area is 166 Å². The third-order valence-corrected chi connectivity index (χ3v) is 4.90. The summed E-state index contributed by atoms with van der Waals surface area (Å²) in [6, 6.07) is 15.0. The van der Waals surface area contributed by atoms with E-state index in [4.69, 9.17) is 9.47 Å². The summed E-state index contributed by atoms with van der Waals surface area (Å²) in [6.07, 6.45) is 0. The molecule has 1 fully saturated rings. The lowest BCUT2D eigenvalue weighted by Crippen LogP contribution is -2.55. The van der Waals surface area contributed by atoms with E-state index in [2.05, 4.69) is 29.4 Å². The lowest BCUT2D eigenvalue weighted by molar-refractivity contribution is -0.00863. The number of benzene rings is 2. The normalized spacial score (nSPS) is 15.1. The van der Waals surface area contributed by atoms with Crippen LogP contribution in [-0.2, 0) is 4.74 Å². The summed E-state index contributed by atoms with van der Waals surface area (Å²) >= 11 is 0. The second-order valence-electron chi connectivity index (χ2n) is 7.63. The Hall–Kier alpha value is -2.57. The van der Waals surface area contributed by atoms with Gasteiger partial charge >= 0.3 is 6.03 Å². The lowest BCUT2D eigenvalue weighted by atomic mass is 10.0. The molecule has 0 aromatic heterocycles. The predicted octanol–water partition coefficient (Wildman–Crippen LogP) is 4.02. The van der Waals surface area contributed by atoms with Gasteiger partial charge in [-0.05, 0) is 50.6 Å². The van der Waals surface area contributed by atoms with Crippen LogP contribution in [0.4, 0.5) is 10.5 Å². The molecule has 3 rings (SSSR count). The first-order valence-corrected chi connectivity index (χ1v) is 9.65. The molecular weight excluding hydrogens is 354 g/mol. The van der Waals surface area contributed by atoms with Gasteiger partial charge in [0.25, 0.3) is 0 Å². The van der Waals surface area contributed by atoms with E-state index in [1.807, 2.05) is 55.5 Å². The number of anilines is 1. The minimum Gasteiger partial charge on any atom is -0.455 e. The molecule has 0 radical (unpaired) electrons. The molecule has 0 bridgehead atoms. The highest BCUT2D eigenvalue weighted by atomic mass is 16.5. The first-order valence-electron chi connectivity index (χ1n) is 9.65. The van der Waals surface area contributed by atoms with Crippen LogP contribution in [0.1, 0.15) is 19.4 Å². The number of urea groups is 1. The standard InChI is InChI=1S/C22H29N3O3/c1-17-7-6-8-18(15-17)28-20-10-5-4-9-19(20)24-21(26)23-16-22(2,3)25-11-13-27-14-12-25/h4-10,15H,11-14,16H2,1-3H3,(H2,23,24,26). The van der Waals surface area contributed by atoms with Gasteiger partial charge in [-0.1, -0.05) is 24.3 Å². The molecule has 1 heterocycles. The first kappa shape index (κ1) is 20.2. The number of hydrogen-bond acceptors (Lipinski definition) is 4. The van der Waals surface area contributed by atoms with Crippen LogP contribution in [0.2, 0.25) is 0 Å². The number of carbonyl (C=O) groups is 1. The number of morpholine rings is 1. The second kappa shape index (κ2) is 9.08. The zero-order chi connectivity index (χ0) is 20.0. The van der Waals surface area contributed by atoms with E-state index < -0.39 is 0 Å². The number of amides is 2. The van der Waals surface area contributed by atoms with E-state index in [0.29, 0.717) is 18.0 Å². The maximum atomic E-state index is 12.5. The molecule has 28 heavy (non-hydrogen) atoms. The Morgan fingerprint density at radius 2 is 1.89 bits per heavy atom.